The summed E-state index contributed by atoms with van der Waals surface area (Å²) in [6.45, 7) is 9.17. The van der Waals surface area contributed by atoms with E-state index in [0.29, 0.717) is 53.0 Å². The third-order valence-electron chi connectivity index (χ3n) is 16.8. The third-order valence-corrected chi connectivity index (χ3v) is 16.8. The number of aromatic hydroxyl groups is 1. The Hall–Kier alpha value is -5.72. The number of rotatable bonds is 12. The Morgan fingerprint density at radius 1 is 0.873 bits per heavy atom. The van der Waals surface area contributed by atoms with Gasteiger partial charge in [-0.05, 0) is 129 Å². The average molecular weight is 980 g/mol. The summed E-state index contributed by atoms with van der Waals surface area (Å²) in [6.07, 6.45) is 7.96. The maximum atomic E-state index is 17.2. The van der Waals surface area contributed by atoms with Crippen molar-refractivity contribution in [1.82, 2.24) is 35.4 Å². The topological polar surface area (TPSA) is 139 Å². The number of piperidine rings is 2. The molecule has 8 heterocycles. The number of hydrogen-bond donors (Lipinski definition) is 3. The zero-order valence-corrected chi connectivity index (χ0v) is 39.8. The fraction of sp³-hybridized carbons (Fsp3) is 0.528. The van der Waals surface area contributed by atoms with Crippen LogP contribution in [0.1, 0.15) is 75.3 Å². The van der Waals surface area contributed by atoms with Gasteiger partial charge in [0, 0.05) is 80.2 Å². The van der Waals surface area contributed by atoms with E-state index < -0.39 is 46.7 Å². The standard InChI is InChI=1S/C53H58F5N9O4/c1-2-35-39(54)5-3-31-16-34(68)19-37(43(31)35)46-45(57)47-38(21-60-46)48(66-12-7-30-15-32(22-66)59-20-30)63-50(62-47)71-29-52(8-9-52)25-64-13-10-51(11-14-64)23-65(24-51)26-53(58)27-67(28-53)33-17-40(55)44(41(56)18-33)36-4-6-42(69)61-49(36)70/h3,5,16-19,21,30,32,36,59,68H,2,4,6-15,20,22-29H2,1H3,(H,61,69,70). The second kappa shape index (κ2) is 17.5. The van der Waals surface area contributed by atoms with Crippen molar-refractivity contribution in [1.29, 1.82) is 0 Å². The monoisotopic (exact) mass is 979 g/mol. The number of imide groups is 1. The maximum Gasteiger partial charge on any atom is 0.319 e. The van der Waals surface area contributed by atoms with Crippen LogP contribution in [0.3, 0.4) is 0 Å². The molecule has 1 aliphatic carbocycles. The highest BCUT2D eigenvalue weighted by molar-refractivity contribution is 6.02. The smallest absolute Gasteiger partial charge is 0.319 e. The minimum atomic E-state index is -1.51. The Morgan fingerprint density at radius 3 is 2.38 bits per heavy atom. The zero-order chi connectivity index (χ0) is 49.0. The van der Waals surface area contributed by atoms with Gasteiger partial charge in [-0.25, -0.2) is 22.0 Å². The zero-order valence-electron chi connectivity index (χ0n) is 39.8. The van der Waals surface area contributed by atoms with Crippen molar-refractivity contribution in [2.45, 2.75) is 82.3 Å². The number of amides is 2. The van der Waals surface area contributed by atoms with Gasteiger partial charge in [-0.3, -0.25) is 24.8 Å². The number of fused-ring (bicyclic) bond motifs is 4. The molecule has 13 nitrogen and oxygen atoms in total. The quantitative estimate of drug-likeness (QED) is 0.0864. The molecule has 1 saturated carbocycles. The molecule has 3 unspecified atom stereocenters. The number of phenols is 1. The van der Waals surface area contributed by atoms with Crippen LogP contribution in [-0.2, 0) is 16.0 Å². The number of carbonyl (C=O) groups excluding carboxylic acids is 2. The molecule has 18 heteroatoms. The molecule has 0 radical (unpaired) electrons. The molecule has 7 aliphatic rings. The van der Waals surface area contributed by atoms with Gasteiger partial charge in [0.1, 0.15) is 40.2 Å². The maximum absolute atomic E-state index is 17.2. The number of carbonyl (C=O) groups is 2. The molecule has 2 aromatic heterocycles. The van der Waals surface area contributed by atoms with Crippen molar-refractivity contribution in [3.05, 3.63) is 77.0 Å². The van der Waals surface area contributed by atoms with Crippen molar-refractivity contribution in [3.63, 3.8) is 0 Å². The fourth-order valence-corrected chi connectivity index (χ4v) is 12.8. The van der Waals surface area contributed by atoms with Crippen LogP contribution < -0.4 is 25.2 Å². The van der Waals surface area contributed by atoms with Crippen LogP contribution in [0.15, 0.2) is 42.6 Å². The van der Waals surface area contributed by atoms with Crippen LogP contribution in [0.4, 0.5) is 33.5 Å². The van der Waals surface area contributed by atoms with E-state index in [2.05, 4.69) is 30.3 Å². The van der Waals surface area contributed by atoms with Gasteiger partial charge in [-0.15, -0.1) is 0 Å². The lowest BCUT2D eigenvalue weighted by Gasteiger charge is -2.57. The first-order valence-corrected chi connectivity index (χ1v) is 25.3. The van der Waals surface area contributed by atoms with Crippen LogP contribution in [0.2, 0.25) is 0 Å². The normalized spacial score (nSPS) is 24.8. The molecular weight excluding hydrogens is 922 g/mol. The highest BCUT2D eigenvalue weighted by Crippen LogP contribution is 2.49. The molecule has 12 rings (SSSR count). The first-order chi connectivity index (χ1) is 34.2. The summed E-state index contributed by atoms with van der Waals surface area (Å²) in [4.78, 5) is 46.6. The third kappa shape index (κ3) is 8.60. The van der Waals surface area contributed by atoms with Gasteiger partial charge in [-0.2, -0.15) is 9.97 Å². The second-order valence-corrected chi connectivity index (χ2v) is 22.0. The van der Waals surface area contributed by atoms with E-state index in [4.69, 9.17) is 14.7 Å². The molecule has 3 atom stereocenters. The summed E-state index contributed by atoms with van der Waals surface area (Å²) in [5.41, 5.74) is -0.911. The number of likely N-dealkylation sites (tertiary alicyclic amines) is 2. The highest BCUT2D eigenvalue weighted by atomic mass is 19.2. The number of phenolic OH excluding ortho intramolecular Hbond substituents is 1. The predicted octanol–water partition coefficient (Wildman–Crippen LogP) is 7.16. The van der Waals surface area contributed by atoms with E-state index in [-0.39, 0.29) is 89.1 Å². The summed E-state index contributed by atoms with van der Waals surface area (Å²) in [5, 5.41) is 18.1. The van der Waals surface area contributed by atoms with Gasteiger partial charge in [0.25, 0.3) is 0 Å². The molecule has 3 N–H and O–H groups in total. The first kappa shape index (κ1) is 46.4. The number of anilines is 2. The number of aromatic nitrogens is 3. The molecule has 5 aromatic rings. The first-order valence-electron chi connectivity index (χ1n) is 25.3. The lowest BCUT2D eigenvalue weighted by atomic mass is 9.71. The number of nitrogens with zero attached hydrogens (tertiary/aromatic N) is 7. The van der Waals surface area contributed by atoms with Crippen molar-refractivity contribution in [2.75, 3.05) is 88.4 Å². The summed E-state index contributed by atoms with van der Waals surface area (Å²) < 4.78 is 85.3. The van der Waals surface area contributed by atoms with Gasteiger partial charge in [0.15, 0.2) is 11.5 Å². The lowest BCUT2D eigenvalue weighted by molar-refractivity contribution is -0.134. The van der Waals surface area contributed by atoms with Gasteiger partial charge in [-0.1, -0.05) is 13.0 Å². The Morgan fingerprint density at radius 2 is 1.65 bits per heavy atom. The Kier molecular flexibility index (Phi) is 11.4. The van der Waals surface area contributed by atoms with E-state index >= 15 is 22.0 Å². The van der Waals surface area contributed by atoms with Crippen molar-refractivity contribution in [3.8, 4) is 23.0 Å². The number of benzene rings is 3. The molecule has 374 valence electrons. The van der Waals surface area contributed by atoms with Crippen LogP contribution in [0.25, 0.3) is 32.9 Å². The Labute approximate surface area is 408 Å². The summed E-state index contributed by atoms with van der Waals surface area (Å²) in [6, 6.07) is 8.60. The second-order valence-electron chi connectivity index (χ2n) is 22.0. The summed E-state index contributed by atoms with van der Waals surface area (Å²) in [7, 11) is 0. The Bertz CT molecular complexity index is 2950. The van der Waals surface area contributed by atoms with Gasteiger partial charge < -0.3 is 29.9 Å². The molecule has 3 aromatic carbocycles. The lowest BCUT2D eigenvalue weighted by Crippen LogP contribution is -2.69. The van der Waals surface area contributed by atoms with Crippen LogP contribution in [0, 0.1) is 40.0 Å². The molecule has 6 aliphatic heterocycles. The number of aryl methyl sites for hydroxylation is 1. The van der Waals surface area contributed by atoms with Gasteiger partial charge >= 0.3 is 6.01 Å². The Balaban J connectivity index is 0.693. The SMILES string of the molecule is CCc1c(F)ccc2cc(O)cc(-c3ncc4c(N5CCC6CNC(C6)C5)nc(OCC5(CN6CCC7(CC6)CN(CC6(F)CN(c8cc(F)c(C9CCC(=O)NC9=O)c(F)c8)C6)C7)CC5)nc4c3F)c12. The van der Waals surface area contributed by atoms with Crippen LogP contribution in [-0.4, -0.2) is 132 Å². The molecule has 71 heavy (non-hydrogen) atoms. The summed E-state index contributed by atoms with van der Waals surface area (Å²) >= 11 is 0. The molecule has 2 amide bonds. The average Bonchev–Trinajstić information content (AvgIpc) is 3.99. The number of nitrogens with one attached hydrogen (secondary N) is 2. The predicted molar refractivity (Wildman–Crippen MR) is 257 cm³/mol. The fourth-order valence-electron chi connectivity index (χ4n) is 12.8. The minimum Gasteiger partial charge on any atom is -0.508 e. The number of hydrogen-bond acceptors (Lipinski definition) is 12. The molecular formula is C53H58F5N9O4. The van der Waals surface area contributed by atoms with Gasteiger partial charge in [0.2, 0.25) is 11.8 Å². The molecule has 7 fully saturated rings. The van der Waals surface area contributed by atoms with E-state index in [1.165, 1.54) is 12.1 Å². The van der Waals surface area contributed by atoms with Crippen LogP contribution in [0.5, 0.6) is 11.8 Å². The molecule has 6 saturated heterocycles. The highest BCUT2D eigenvalue weighted by Gasteiger charge is 2.53. The van der Waals surface area contributed by atoms with Gasteiger partial charge in [0.05, 0.1) is 31.0 Å². The van der Waals surface area contributed by atoms with Crippen LogP contribution >= 0.6 is 0 Å². The molecule has 1 spiro atoms. The van der Waals surface area contributed by atoms with E-state index in [1.807, 2.05) is 6.92 Å². The molecule has 2 bridgehead atoms. The minimum absolute atomic E-state index is 0.00418. The van der Waals surface area contributed by atoms with E-state index in [0.717, 1.165) is 96.5 Å². The number of halogens is 5. The summed E-state index contributed by atoms with van der Waals surface area (Å²) in [5.74, 6) is -4.09. The number of alkyl halides is 1. The largest absolute Gasteiger partial charge is 0.508 e. The van der Waals surface area contributed by atoms with Crippen molar-refractivity contribution < 1.29 is 41.4 Å². The van der Waals surface area contributed by atoms with E-state index in [1.54, 1.807) is 23.2 Å². The van der Waals surface area contributed by atoms with Crippen molar-refractivity contribution >= 4 is 45.0 Å². The van der Waals surface area contributed by atoms with Crippen molar-refractivity contribution in [2.24, 2.45) is 16.7 Å². The number of pyridine rings is 1. The van der Waals surface area contributed by atoms with E-state index in [9.17, 15) is 14.7 Å². The number of ether oxygens (including phenoxy) is 1.